The standard InChI is InChI=1S/C22H17NS/c1-2-8-17-15(6-1)7-5-10-20(17)23-16-12-13-22-19(14-16)18-9-3-4-11-21(18)24-22/h2-5,7-14,23H,1,6H2. The first-order chi connectivity index (χ1) is 11.9. The molecule has 0 radical (unpaired) electrons. The molecule has 1 aliphatic rings. The predicted octanol–water partition coefficient (Wildman–Crippen LogP) is 6.76. The fourth-order valence-corrected chi connectivity index (χ4v) is 4.62. The lowest BCUT2D eigenvalue weighted by molar-refractivity contribution is 0.986. The van der Waals surface area contributed by atoms with Crippen molar-refractivity contribution < 1.29 is 0 Å². The fourth-order valence-electron chi connectivity index (χ4n) is 3.54. The molecule has 1 heterocycles. The van der Waals surface area contributed by atoms with E-state index in [-0.39, 0.29) is 0 Å². The molecule has 2 heteroatoms. The summed E-state index contributed by atoms with van der Waals surface area (Å²) >= 11 is 1.86. The third kappa shape index (κ3) is 2.22. The normalized spacial score (nSPS) is 13.3. The Morgan fingerprint density at radius 2 is 1.75 bits per heavy atom. The van der Waals surface area contributed by atoms with Crippen LogP contribution in [0.15, 0.2) is 66.7 Å². The number of hydrogen-bond donors (Lipinski definition) is 1. The Labute approximate surface area is 145 Å². The van der Waals surface area contributed by atoms with Crippen molar-refractivity contribution in [1.29, 1.82) is 0 Å². The smallest absolute Gasteiger partial charge is 0.0460 e. The maximum absolute atomic E-state index is 3.63. The molecule has 3 aromatic carbocycles. The van der Waals surface area contributed by atoms with E-state index >= 15 is 0 Å². The number of anilines is 2. The molecule has 1 N–H and O–H groups in total. The van der Waals surface area contributed by atoms with E-state index in [9.17, 15) is 0 Å². The van der Waals surface area contributed by atoms with Crippen LogP contribution in [0.2, 0.25) is 0 Å². The maximum Gasteiger partial charge on any atom is 0.0460 e. The van der Waals surface area contributed by atoms with Gasteiger partial charge in [-0.1, -0.05) is 42.5 Å². The Bertz CT molecular complexity index is 1090. The van der Waals surface area contributed by atoms with Gasteiger partial charge in [-0.3, -0.25) is 0 Å². The monoisotopic (exact) mass is 327 g/mol. The number of aryl methyl sites for hydroxylation is 1. The maximum atomic E-state index is 3.63. The number of rotatable bonds is 2. The molecule has 0 fully saturated rings. The average molecular weight is 327 g/mol. The molecule has 0 atom stereocenters. The van der Waals surface area contributed by atoms with Gasteiger partial charge in [0.25, 0.3) is 0 Å². The second kappa shape index (κ2) is 5.50. The highest BCUT2D eigenvalue weighted by molar-refractivity contribution is 7.25. The van der Waals surface area contributed by atoms with Crippen molar-refractivity contribution in [3.63, 3.8) is 0 Å². The zero-order valence-corrected chi connectivity index (χ0v) is 14.1. The van der Waals surface area contributed by atoms with E-state index in [4.69, 9.17) is 0 Å². The van der Waals surface area contributed by atoms with E-state index in [0.29, 0.717) is 0 Å². The Balaban J connectivity index is 1.61. The molecule has 0 bridgehead atoms. The van der Waals surface area contributed by atoms with Crippen molar-refractivity contribution in [2.45, 2.75) is 12.8 Å². The summed E-state index contributed by atoms with van der Waals surface area (Å²) in [7, 11) is 0. The minimum absolute atomic E-state index is 1.13. The van der Waals surface area contributed by atoms with Gasteiger partial charge in [-0.25, -0.2) is 0 Å². The Morgan fingerprint density at radius 1 is 0.833 bits per heavy atom. The first kappa shape index (κ1) is 13.8. The number of thiophene rings is 1. The summed E-state index contributed by atoms with van der Waals surface area (Å²) in [5, 5.41) is 6.31. The number of fused-ring (bicyclic) bond motifs is 4. The van der Waals surface area contributed by atoms with Gasteiger partial charge in [0.2, 0.25) is 0 Å². The van der Waals surface area contributed by atoms with Gasteiger partial charge in [0.1, 0.15) is 0 Å². The van der Waals surface area contributed by atoms with Crippen LogP contribution in [0.3, 0.4) is 0 Å². The van der Waals surface area contributed by atoms with Crippen LogP contribution in [0, 0.1) is 0 Å². The summed E-state index contributed by atoms with van der Waals surface area (Å²) < 4.78 is 2.70. The van der Waals surface area contributed by atoms with Crippen molar-refractivity contribution in [2.24, 2.45) is 0 Å². The average Bonchev–Trinajstić information content (AvgIpc) is 3.00. The summed E-state index contributed by atoms with van der Waals surface area (Å²) in [6.45, 7) is 0. The second-order valence-corrected chi connectivity index (χ2v) is 7.34. The van der Waals surface area contributed by atoms with Crippen molar-refractivity contribution in [3.8, 4) is 0 Å². The lowest BCUT2D eigenvalue weighted by Crippen LogP contribution is -1.99. The van der Waals surface area contributed by atoms with Gasteiger partial charge in [-0.15, -0.1) is 11.3 Å². The SMILES string of the molecule is C1=Cc2c(cccc2Nc2ccc3sc4ccccc4c3c2)CC1. The molecule has 1 nitrogen and oxygen atoms in total. The summed E-state index contributed by atoms with van der Waals surface area (Å²) in [6.07, 6.45) is 6.79. The number of allylic oxidation sites excluding steroid dienone is 1. The highest BCUT2D eigenvalue weighted by atomic mass is 32.1. The molecule has 1 aromatic heterocycles. The number of nitrogens with one attached hydrogen (secondary N) is 1. The Hall–Kier alpha value is -2.58. The van der Waals surface area contributed by atoms with E-state index < -0.39 is 0 Å². The molecule has 1 aliphatic carbocycles. The van der Waals surface area contributed by atoms with Crippen LogP contribution in [0.1, 0.15) is 17.5 Å². The van der Waals surface area contributed by atoms with Gasteiger partial charge in [-0.05, 0) is 48.7 Å². The topological polar surface area (TPSA) is 12.0 Å². The molecular weight excluding hydrogens is 310 g/mol. The van der Waals surface area contributed by atoms with Crippen molar-refractivity contribution in [2.75, 3.05) is 5.32 Å². The third-order valence-electron chi connectivity index (χ3n) is 4.72. The van der Waals surface area contributed by atoms with Crippen LogP contribution in [0.25, 0.3) is 26.2 Å². The highest BCUT2D eigenvalue weighted by Crippen LogP contribution is 2.36. The molecule has 0 saturated carbocycles. The fraction of sp³-hybridized carbons (Fsp3) is 0.0909. The van der Waals surface area contributed by atoms with Crippen LogP contribution in [0.4, 0.5) is 11.4 Å². The van der Waals surface area contributed by atoms with E-state index in [1.54, 1.807) is 0 Å². The van der Waals surface area contributed by atoms with Crippen LogP contribution in [-0.4, -0.2) is 0 Å². The van der Waals surface area contributed by atoms with Crippen LogP contribution in [-0.2, 0) is 6.42 Å². The lowest BCUT2D eigenvalue weighted by atomic mass is 9.96. The third-order valence-corrected chi connectivity index (χ3v) is 5.87. The molecular formula is C22H17NS. The molecule has 0 aliphatic heterocycles. The highest BCUT2D eigenvalue weighted by Gasteiger charge is 2.10. The van der Waals surface area contributed by atoms with Gasteiger partial charge >= 0.3 is 0 Å². The lowest BCUT2D eigenvalue weighted by Gasteiger charge is -2.16. The molecule has 0 amide bonds. The molecule has 0 spiro atoms. The predicted molar refractivity (Wildman–Crippen MR) is 106 cm³/mol. The van der Waals surface area contributed by atoms with Crippen molar-refractivity contribution in [3.05, 3.63) is 77.9 Å². The van der Waals surface area contributed by atoms with E-state index in [1.165, 1.54) is 37.0 Å². The molecule has 116 valence electrons. The zero-order chi connectivity index (χ0) is 15.9. The number of hydrogen-bond acceptors (Lipinski definition) is 2. The molecule has 0 saturated heterocycles. The molecule has 5 rings (SSSR count). The number of benzene rings is 3. The van der Waals surface area contributed by atoms with Crippen LogP contribution >= 0.6 is 11.3 Å². The van der Waals surface area contributed by atoms with Gasteiger partial charge in [0.15, 0.2) is 0 Å². The van der Waals surface area contributed by atoms with Crippen molar-refractivity contribution >= 4 is 49.0 Å². The molecule has 0 unspecified atom stereocenters. The summed E-state index contributed by atoms with van der Waals surface area (Å²) in [6, 6.07) is 21.9. The second-order valence-electron chi connectivity index (χ2n) is 6.25. The van der Waals surface area contributed by atoms with Gasteiger partial charge in [0.05, 0.1) is 0 Å². The summed E-state index contributed by atoms with van der Waals surface area (Å²) in [5.74, 6) is 0. The Kier molecular flexibility index (Phi) is 3.17. The zero-order valence-electron chi connectivity index (χ0n) is 13.3. The first-order valence-corrected chi connectivity index (χ1v) is 9.17. The van der Waals surface area contributed by atoms with Gasteiger partial charge < -0.3 is 5.32 Å². The van der Waals surface area contributed by atoms with E-state index in [2.05, 4.69) is 78.1 Å². The first-order valence-electron chi connectivity index (χ1n) is 8.35. The summed E-state index contributed by atoms with van der Waals surface area (Å²) in [4.78, 5) is 0. The van der Waals surface area contributed by atoms with Gasteiger partial charge in [-0.2, -0.15) is 0 Å². The molecule has 4 aromatic rings. The van der Waals surface area contributed by atoms with Crippen molar-refractivity contribution in [1.82, 2.24) is 0 Å². The summed E-state index contributed by atoms with van der Waals surface area (Å²) in [5.41, 5.74) is 5.12. The van der Waals surface area contributed by atoms with Crippen LogP contribution in [0.5, 0.6) is 0 Å². The van der Waals surface area contributed by atoms with Crippen LogP contribution < -0.4 is 5.32 Å². The molecule has 24 heavy (non-hydrogen) atoms. The minimum Gasteiger partial charge on any atom is -0.355 e. The van der Waals surface area contributed by atoms with E-state index in [1.807, 2.05) is 11.3 Å². The Morgan fingerprint density at radius 3 is 2.75 bits per heavy atom. The minimum atomic E-state index is 1.13. The van der Waals surface area contributed by atoms with E-state index in [0.717, 1.165) is 18.5 Å². The van der Waals surface area contributed by atoms with Gasteiger partial charge in [0, 0.05) is 37.1 Å². The largest absolute Gasteiger partial charge is 0.355 e. The quantitative estimate of drug-likeness (QED) is 0.429.